The van der Waals surface area contributed by atoms with Crippen LogP contribution in [0.25, 0.3) is 22.3 Å². The lowest BCUT2D eigenvalue weighted by Gasteiger charge is -2.24. The first kappa shape index (κ1) is 53.6. The number of hydrogen-bond acceptors (Lipinski definition) is 9. The molecule has 4 aromatic carbocycles. The smallest absolute Gasteiger partial charge is 0.389 e. The van der Waals surface area contributed by atoms with E-state index in [2.05, 4.69) is 0 Å². The molecule has 0 fully saturated rings. The Balaban J connectivity index is 0.000000343. The number of ether oxygens (including phenoxy) is 3. The number of esters is 1. The third-order valence-electron chi connectivity index (χ3n) is 9.65. The van der Waals surface area contributed by atoms with E-state index in [1.165, 1.54) is 38.5 Å². The van der Waals surface area contributed by atoms with Gasteiger partial charge in [0.05, 0.1) is 9.79 Å². The number of methoxy groups -OCH3 is 2. The number of halogens is 6. The predicted molar refractivity (Wildman–Crippen MR) is 230 cm³/mol. The van der Waals surface area contributed by atoms with Gasteiger partial charge in [-0.05, 0) is 117 Å². The minimum Gasteiger partial charge on any atom is -0.480 e. The molecule has 0 aliphatic heterocycles. The van der Waals surface area contributed by atoms with Crippen LogP contribution in [0.1, 0.15) is 70.4 Å². The van der Waals surface area contributed by atoms with E-state index in [4.69, 9.17) is 14.2 Å². The van der Waals surface area contributed by atoms with Crippen molar-refractivity contribution in [2.75, 3.05) is 27.4 Å². The maximum Gasteiger partial charge on any atom is 0.389 e. The minimum atomic E-state index is -4.16. The number of aliphatic carboxylic acids is 1. The van der Waals surface area contributed by atoms with Gasteiger partial charge in [0.25, 0.3) is 0 Å². The first-order chi connectivity index (χ1) is 29.8. The van der Waals surface area contributed by atoms with Crippen LogP contribution < -0.4 is 0 Å². The Morgan fingerprint density at radius 1 is 0.547 bits per heavy atom. The van der Waals surface area contributed by atoms with Gasteiger partial charge in [-0.1, -0.05) is 72.8 Å². The molecule has 0 bridgehead atoms. The summed E-state index contributed by atoms with van der Waals surface area (Å²) in [6.45, 7) is 5.09. The molecule has 0 heterocycles. The van der Waals surface area contributed by atoms with Crippen LogP contribution in [0.5, 0.6) is 0 Å². The van der Waals surface area contributed by atoms with Crippen LogP contribution in [0.2, 0.25) is 0 Å². The van der Waals surface area contributed by atoms with E-state index in [-0.39, 0.29) is 48.7 Å². The Morgan fingerprint density at radius 3 is 1.16 bits per heavy atom. The molecular formula is C46H54F6O10S2. The van der Waals surface area contributed by atoms with Crippen LogP contribution in [0.15, 0.2) is 107 Å². The molecule has 0 saturated heterocycles. The van der Waals surface area contributed by atoms with Gasteiger partial charge in [0, 0.05) is 40.3 Å². The van der Waals surface area contributed by atoms with Gasteiger partial charge < -0.3 is 19.3 Å². The molecule has 18 heteroatoms. The van der Waals surface area contributed by atoms with E-state index in [1.54, 1.807) is 93.6 Å². The van der Waals surface area contributed by atoms with Crippen molar-refractivity contribution in [1.82, 2.24) is 0 Å². The summed E-state index contributed by atoms with van der Waals surface area (Å²) in [5.41, 5.74) is 3.77. The second-order valence-electron chi connectivity index (χ2n) is 15.9. The van der Waals surface area contributed by atoms with Crippen molar-refractivity contribution in [2.24, 2.45) is 0 Å². The molecule has 4 aromatic rings. The van der Waals surface area contributed by atoms with Crippen LogP contribution in [0.4, 0.5) is 26.3 Å². The number of alkyl halides is 6. The summed E-state index contributed by atoms with van der Waals surface area (Å²) in [7, 11) is -5.30. The molecule has 64 heavy (non-hydrogen) atoms. The van der Waals surface area contributed by atoms with Crippen molar-refractivity contribution in [2.45, 2.75) is 110 Å². The Morgan fingerprint density at radius 2 is 0.859 bits per heavy atom. The summed E-state index contributed by atoms with van der Waals surface area (Å²) in [6.07, 6.45) is -9.48. The Hall–Kier alpha value is -4.78. The lowest BCUT2D eigenvalue weighted by Crippen LogP contribution is -2.37. The molecule has 352 valence electrons. The van der Waals surface area contributed by atoms with E-state index in [0.29, 0.717) is 18.4 Å². The quantitative estimate of drug-likeness (QED) is 0.0670. The summed E-state index contributed by atoms with van der Waals surface area (Å²) < 4.78 is 140. The maximum absolute atomic E-state index is 13.2. The summed E-state index contributed by atoms with van der Waals surface area (Å²) in [5, 5.41) is 6.27. The second kappa shape index (κ2) is 23.4. The van der Waals surface area contributed by atoms with Crippen LogP contribution >= 0.6 is 0 Å². The highest BCUT2D eigenvalue weighted by atomic mass is 32.2. The number of aryl methyl sites for hydroxylation is 2. The zero-order valence-corrected chi connectivity index (χ0v) is 37.8. The molecule has 2 atom stereocenters. The first-order valence-corrected chi connectivity index (χ1v) is 23.3. The Kier molecular flexibility index (Phi) is 19.6. The highest BCUT2D eigenvalue weighted by Gasteiger charge is 2.37. The zero-order chi connectivity index (χ0) is 47.9. The number of carboxylic acids is 1. The number of hydrogen-bond donors (Lipinski definition) is 1. The van der Waals surface area contributed by atoms with Crippen LogP contribution in [0.3, 0.4) is 0 Å². The van der Waals surface area contributed by atoms with Crippen molar-refractivity contribution in [3.05, 3.63) is 108 Å². The SMILES string of the molecule is COCCC(C(=O)O)S(=O)(=O)c1ccc(-c2ccc(CCCC(F)(F)F)cc2)cc1.COCCC(C(=O)OC(C)(C)C)S(=O)(=O)c1ccc(-c2ccc(CCCC(F)(F)F)cc2)cc1. The fraction of sp³-hybridized carbons (Fsp3) is 0.435. The highest BCUT2D eigenvalue weighted by molar-refractivity contribution is 7.93. The molecule has 0 amide bonds. The standard InChI is InChI=1S/C25H31F3O5S.C21H23F3O5S/c1-24(2,3)33-23(29)22(15-17-32-4)34(30,31)21-13-11-20(12-14-21)19-9-7-18(8-10-19)6-5-16-25(26,27)28;1-29-14-12-19(20(25)26)30(27,28)18-10-8-17(9-11-18)16-6-4-15(5-7-16)3-2-13-21(22,23)24/h7-14,22H,5-6,15-17H2,1-4H3;4-11,19H,2-3,12-14H2,1H3,(H,25,26). The van der Waals surface area contributed by atoms with Gasteiger partial charge in [-0.25, -0.2) is 16.8 Å². The highest BCUT2D eigenvalue weighted by Crippen LogP contribution is 2.29. The molecule has 0 aliphatic rings. The number of carboxylic acid groups (broad SMARTS) is 1. The van der Waals surface area contributed by atoms with Crippen molar-refractivity contribution < 1.29 is 72.1 Å². The number of sulfone groups is 2. The lowest BCUT2D eigenvalue weighted by molar-refractivity contribution is -0.154. The third-order valence-corrected chi connectivity index (χ3v) is 13.9. The number of benzene rings is 4. The molecule has 10 nitrogen and oxygen atoms in total. The van der Waals surface area contributed by atoms with Crippen molar-refractivity contribution in [3.8, 4) is 22.3 Å². The van der Waals surface area contributed by atoms with Gasteiger partial charge >= 0.3 is 24.3 Å². The van der Waals surface area contributed by atoms with Gasteiger partial charge in [-0.2, -0.15) is 26.3 Å². The summed E-state index contributed by atoms with van der Waals surface area (Å²) in [4.78, 5) is 23.9. The van der Waals surface area contributed by atoms with Crippen LogP contribution in [0, 0.1) is 0 Å². The second-order valence-corrected chi connectivity index (χ2v) is 20.1. The third kappa shape index (κ3) is 17.3. The monoisotopic (exact) mass is 944 g/mol. The normalized spacial score (nSPS) is 13.4. The Labute approximate surface area is 370 Å². The number of carbonyl (C=O) groups excluding carboxylic acids is 1. The maximum atomic E-state index is 13.2. The molecule has 0 aromatic heterocycles. The van der Waals surface area contributed by atoms with Gasteiger partial charge in [0.2, 0.25) is 0 Å². The van der Waals surface area contributed by atoms with Gasteiger partial charge in [0.15, 0.2) is 30.2 Å². The van der Waals surface area contributed by atoms with E-state index in [1.807, 2.05) is 0 Å². The molecule has 2 unspecified atom stereocenters. The molecule has 1 N–H and O–H groups in total. The van der Waals surface area contributed by atoms with Gasteiger partial charge in [0.1, 0.15) is 5.60 Å². The van der Waals surface area contributed by atoms with Crippen molar-refractivity contribution in [3.63, 3.8) is 0 Å². The molecule has 0 radical (unpaired) electrons. The van der Waals surface area contributed by atoms with Crippen LogP contribution in [-0.4, -0.2) is 89.8 Å². The fourth-order valence-corrected chi connectivity index (χ4v) is 9.41. The average molecular weight is 945 g/mol. The first-order valence-electron chi connectivity index (χ1n) is 20.2. The van der Waals surface area contributed by atoms with Crippen LogP contribution in [-0.2, 0) is 56.3 Å². The fourth-order valence-electron chi connectivity index (χ4n) is 6.34. The zero-order valence-electron chi connectivity index (χ0n) is 36.2. The Bertz CT molecular complexity index is 2310. The van der Waals surface area contributed by atoms with E-state index in [9.17, 15) is 57.9 Å². The molecule has 4 rings (SSSR count). The molecule has 0 saturated carbocycles. The van der Waals surface area contributed by atoms with Crippen molar-refractivity contribution >= 4 is 31.6 Å². The topological polar surface area (TPSA) is 150 Å². The van der Waals surface area contributed by atoms with E-state index in [0.717, 1.165) is 27.8 Å². The minimum absolute atomic E-state index is 0.00357. The van der Waals surface area contributed by atoms with E-state index < -0.39 is 72.9 Å². The van der Waals surface area contributed by atoms with E-state index >= 15 is 0 Å². The van der Waals surface area contributed by atoms with Gasteiger partial charge in [-0.15, -0.1) is 0 Å². The predicted octanol–water partition coefficient (Wildman–Crippen LogP) is 10.3. The molecule has 0 spiro atoms. The largest absolute Gasteiger partial charge is 0.480 e. The summed E-state index contributed by atoms with van der Waals surface area (Å²) >= 11 is 0. The number of rotatable bonds is 20. The average Bonchev–Trinajstić information content (AvgIpc) is 3.20. The van der Waals surface area contributed by atoms with Gasteiger partial charge in [-0.3, -0.25) is 9.59 Å². The summed E-state index contributed by atoms with van der Waals surface area (Å²) in [5.74, 6) is -2.26. The lowest BCUT2D eigenvalue weighted by atomic mass is 10.0. The molecule has 0 aliphatic carbocycles. The van der Waals surface area contributed by atoms with Crippen molar-refractivity contribution in [1.29, 1.82) is 0 Å². The summed E-state index contributed by atoms with van der Waals surface area (Å²) in [6, 6.07) is 26.1. The molecular weight excluding hydrogens is 891 g/mol. The number of carbonyl (C=O) groups is 2.